The van der Waals surface area contributed by atoms with Crippen molar-refractivity contribution in [3.8, 4) is 11.5 Å². The Balaban J connectivity index is 1.64. The molecule has 2 aromatic carbocycles. The highest BCUT2D eigenvalue weighted by Gasteiger charge is 2.14. The molecule has 0 aliphatic carbocycles. The molecule has 1 heterocycles. The summed E-state index contributed by atoms with van der Waals surface area (Å²) in [6, 6.07) is 18.5. The fraction of sp³-hybridized carbons (Fsp3) is 0.250. The van der Waals surface area contributed by atoms with Gasteiger partial charge in [-0.25, -0.2) is 0 Å². The highest BCUT2D eigenvalue weighted by Crippen LogP contribution is 2.26. The topological polar surface area (TPSA) is 60.5 Å². The van der Waals surface area contributed by atoms with Crippen LogP contribution in [0.5, 0.6) is 11.5 Å². The first-order valence-corrected chi connectivity index (χ1v) is 10.7. The van der Waals surface area contributed by atoms with Gasteiger partial charge in [0.1, 0.15) is 11.5 Å². The van der Waals surface area contributed by atoms with Crippen LogP contribution in [0.4, 0.5) is 5.69 Å². The summed E-state index contributed by atoms with van der Waals surface area (Å²) in [5.41, 5.74) is 2.72. The maximum absolute atomic E-state index is 12.7. The molecule has 0 radical (unpaired) electrons. The van der Waals surface area contributed by atoms with E-state index in [4.69, 9.17) is 9.47 Å². The molecule has 30 heavy (non-hydrogen) atoms. The number of nitrogens with zero attached hydrogens (tertiary/aromatic N) is 1. The molecule has 6 heteroatoms. The number of ether oxygens (including phenoxy) is 2. The fourth-order valence-corrected chi connectivity index (χ4v) is 3.28. The van der Waals surface area contributed by atoms with Gasteiger partial charge in [-0.3, -0.25) is 9.78 Å². The normalized spacial score (nSPS) is 11.7. The van der Waals surface area contributed by atoms with Gasteiger partial charge in [-0.2, -0.15) is 0 Å². The number of aromatic nitrogens is 1. The molecule has 5 nitrogen and oxygen atoms in total. The van der Waals surface area contributed by atoms with Gasteiger partial charge >= 0.3 is 0 Å². The van der Waals surface area contributed by atoms with Crippen LogP contribution in [-0.2, 0) is 4.74 Å². The van der Waals surface area contributed by atoms with Gasteiger partial charge in [0, 0.05) is 16.8 Å². The summed E-state index contributed by atoms with van der Waals surface area (Å²) >= 11 is 3.43. The predicted octanol–water partition coefficient (Wildman–Crippen LogP) is 6.68. The number of carbonyl (C=O) groups is 1. The van der Waals surface area contributed by atoms with Crippen LogP contribution in [0, 0.1) is 6.92 Å². The van der Waals surface area contributed by atoms with E-state index in [1.807, 2.05) is 68.4 Å². The first-order valence-electron chi connectivity index (χ1n) is 9.90. The Morgan fingerprint density at radius 2 is 1.87 bits per heavy atom. The maximum atomic E-state index is 12.7. The molecule has 0 bridgehead atoms. The molecule has 3 aromatic rings. The summed E-state index contributed by atoms with van der Waals surface area (Å²) in [6.45, 7) is 6.55. The lowest BCUT2D eigenvalue weighted by Gasteiger charge is -2.14. The van der Waals surface area contributed by atoms with Crippen LogP contribution >= 0.6 is 15.9 Å². The Morgan fingerprint density at radius 3 is 2.53 bits per heavy atom. The third kappa shape index (κ3) is 5.90. The lowest BCUT2D eigenvalue weighted by molar-refractivity contribution is 0.0632. The summed E-state index contributed by atoms with van der Waals surface area (Å²) in [7, 11) is 0. The van der Waals surface area contributed by atoms with Gasteiger partial charge < -0.3 is 14.8 Å². The minimum Gasteiger partial charge on any atom is -0.457 e. The lowest BCUT2D eigenvalue weighted by atomic mass is 10.1. The van der Waals surface area contributed by atoms with Gasteiger partial charge in [0.15, 0.2) is 0 Å². The zero-order valence-corrected chi connectivity index (χ0v) is 18.9. The van der Waals surface area contributed by atoms with E-state index in [9.17, 15) is 4.79 Å². The van der Waals surface area contributed by atoms with Crippen molar-refractivity contribution in [1.29, 1.82) is 0 Å². The minimum absolute atomic E-state index is 0.0986. The summed E-state index contributed by atoms with van der Waals surface area (Å²) in [6.07, 6.45) is 0.856. The Morgan fingerprint density at radius 1 is 1.10 bits per heavy atom. The first-order chi connectivity index (χ1) is 14.5. The molecule has 0 spiro atoms. The van der Waals surface area contributed by atoms with Gasteiger partial charge in [-0.05, 0) is 74.9 Å². The number of amides is 1. The van der Waals surface area contributed by atoms with Gasteiger partial charge in [-0.15, -0.1) is 0 Å². The number of carbonyl (C=O) groups excluding carboxylic acids is 1. The van der Waals surface area contributed by atoms with E-state index in [0.29, 0.717) is 29.3 Å². The molecule has 156 valence electrons. The molecular weight excluding hydrogens is 444 g/mol. The van der Waals surface area contributed by atoms with Crippen LogP contribution in [0.2, 0.25) is 0 Å². The van der Waals surface area contributed by atoms with Gasteiger partial charge in [0.25, 0.3) is 5.91 Å². The SMILES string of the molecule is CCCOC(C)c1ccc(C(=O)Nc2ccc(Oc3cccc(Br)c3)cc2)c(C)n1. The molecule has 1 aromatic heterocycles. The number of halogens is 1. The number of aryl methyl sites for hydroxylation is 1. The molecule has 0 aliphatic rings. The van der Waals surface area contributed by atoms with E-state index in [2.05, 4.69) is 33.2 Å². The number of anilines is 1. The van der Waals surface area contributed by atoms with Gasteiger partial charge in [-0.1, -0.05) is 28.9 Å². The Labute approximate surface area is 185 Å². The Bertz CT molecular complexity index is 1010. The van der Waals surface area contributed by atoms with Crippen molar-refractivity contribution in [3.63, 3.8) is 0 Å². The average Bonchev–Trinajstić information content (AvgIpc) is 2.73. The van der Waals surface area contributed by atoms with E-state index in [-0.39, 0.29) is 12.0 Å². The maximum Gasteiger partial charge on any atom is 0.257 e. The molecule has 0 aliphatic heterocycles. The highest BCUT2D eigenvalue weighted by atomic mass is 79.9. The van der Waals surface area contributed by atoms with Crippen LogP contribution < -0.4 is 10.1 Å². The third-order valence-electron chi connectivity index (χ3n) is 4.48. The number of hydrogen-bond donors (Lipinski definition) is 1. The standard InChI is InChI=1S/C24H25BrN2O3/c1-4-14-29-17(3)23-13-12-22(16(2)26-23)24(28)27-19-8-10-20(11-9-19)30-21-7-5-6-18(25)15-21/h5-13,15,17H,4,14H2,1-3H3,(H,27,28). The molecule has 3 rings (SSSR count). The quantitative estimate of drug-likeness (QED) is 0.400. The summed E-state index contributed by atoms with van der Waals surface area (Å²) in [4.78, 5) is 17.2. The molecular formula is C24H25BrN2O3. The summed E-state index contributed by atoms with van der Waals surface area (Å²) < 4.78 is 12.5. The van der Waals surface area contributed by atoms with Crippen LogP contribution in [0.3, 0.4) is 0 Å². The Kier molecular flexibility index (Phi) is 7.60. The molecule has 1 atom stereocenters. The second-order valence-corrected chi connectivity index (χ2v) is 7.84. The molecule has 1 N–H and O–H groups in total. The smallest absolute Gasteiger partial charge is 0.257 e. The van der Waals surface area contributed by atoms with Crippen molar-refractivity contribution < 1.29 is 14.3 Å². The zero-order chi connectivity index (χ0) is 21.5. The molecule has 0 fully saturated rings. The monoisotopic (exact) mass is 468 g/mol. The van der Waals surface area contributed by atoms with Crippen LogP contribution in [0.1, 0.15) is 48.1 Å². The average molecular weight is 469 g/mol. The highest BCUT2D eigenvalue weighted by molar-refractivity contribution is 9.10. The third-order valence-corrected chi connectivity index (χ3v) is 4.98. The van der Waals surface area contributed by atoms with Crippen molar-refractivity contribution in [2.75, 3.05) is 11.9 Å². The van der Waals surface area contributed by atoms with Crippen molar-refractivity contribution in [2.45, 2.75) is 33.3 Å². The number of rotatable bonds is 8. The number of hydrogen-bond acceptors (Lipinski definition) is 4. The van der Waals surface area contributed by atoms with E-state index >= 15 is 0 Å². The molecule has 0 saturated heterocycles. The van der Waals surface area contributed by atoms with E-state index in [0.717, 1.165) is 22.3 Å². The first kappa shape index (κ1) is 22.0. The second kappa shape index (κ2) is 10.4. The van der Waals surface area contributed by atoms with Gasteiger partial charge in [0.05, 0.1) is 23.1 Å². The second-order valence-electron chi connectivity index (χ2n) is 6.92. The van der Waals surface area contributed by atoms with Gasteiger partial charge in [0.2, 0.25) is 0 Å². The largest absolute Gasteiger partial charge is 0.457 e. The van der Waals surface area contributed by atoms with E-state index < -0.39 is 0 Å². The van der Waals surface area contributed by atoms with Crippen LogP contribution in [0.25, 0.3) is 0 Å². The summed E-state index contributed by atoms with van der Waals surface area (Å²) in [5, 5.41) is 2.91. The number of pyridine rings is 1. The van der Waals surface area contributed by atoms with Crippen LogP contribution in [0.15, 0.2) is 65.1 Å². The predicted molar refractivity (Wildman–Crippen MR) is 122 cm³/mol. The number of nitrogens with one attached hydrogen (secondary N) is 1. The molecule has 1 amide bonds. The number of benzene rings is 2. The van der Waals surface area contributed by atoms with Crippen LogP contribution in [-0.4, -0.2) is 17.5 Å². The Hall–Kier alpha value is -2.70. The van der Waals surface area contributed by atoms with Crippen molar-refractivity contribution in [3.05, 3.63) is 82.1 Å². The van der Waals surface area contributed by atoms with Crippen molar-refractivity contribution in [2.24, 2.45) is 0 Å². The van der Waals surface area contributed by atoms with E-state index in [1.165, 1.54) is 0 Å². The lowest BCUT2D eigenvalue weighted by Crippen LogP contribution is -2.15. The minimum atomic E-state index is -0.200. The fourth-order valence-electron chi connectivity index (χ4n) is 2.90. The molecule has 0 saturated carbocycles. The summed E-state index contributed by atoms with van der Waals surface area (Å²) in [5.74, 6) is 1.23. The zero-order valence-electron chi connectivity index (χ0n) is 17.3. The van der Waals surface area contributed by atoms with Crippen molar-refractivity contribution in [1.82, 2.24) is 4.98 Å². The van der Waals surface area contributed by atoms with Crippen molar-refractivity contribution >= 4 is 27.5 Å². The molecule has 1 unspecified atom stereocenters. The van der Waals surface area contributed by atoms with E-state index in [1.54, 1.807) is 6.07 Å².